The van der Waals surface area contributed by atoms with Gasteiger partial charge in [-0.15, -0.1) is 0 Å². The van der Waals surface area contributed by atoms with Crippen LogP contribution in [0.5, 0.6) is 0 Å². The average Bonchev–Trinajstić information content (AvgIpc) is 3.63. The summed E-state index contributed by atoms with van der Waals surface area (Å²) in [6.07, 6.45) is 2.75. The molecule has 192 valence electrons. The van der Waals surface area contributed by atoms with Crippen molar-refractivity contribution < 1.29 is 27.5 Å². The van der Waals surface area contributed by atoms with Gasteiger partial charge >= 0.3 is 5.97 Å². The van der Waals surface area contributed by atoms with Crippen LogP contribution in [0, 0.1) is 12.8 Å². The number of furan rings is 1. The Morgan fingerprint density at radius 3 is 2.53 bits per heavy atom. The van der Waals surface area contributed by atoms with E-state index in [1.165, 1.54) is 4.31 Å². The number of aliphatic carboxylic acids is 1. The molecule has 0 saturated heterocycles. The van der Waals surface area contributed by atoms with Crippen LogP contribution in [0.15, 0.2) is 34.7 Å². The maximum absolute atomic E-state index is 12.9. The fourth-order valence-electron chi connectivity index (χ4n) is 4.30. The molecule has 36 heavy (non-hydrogen) atoms. The lowest BCUT2D eigenvalue weighted by atomic mass is 10.0. The minimum Gasteiger partial charge on any atom is -0.481 e. The van der Waals surface area contributed by atoms with Gasteiger partial charge in [0.05, 0.1) is 29.1 Å². The zero-order valence-electron chi connectivity index (χ0n) is 20.6. The predicted molar refractivity (Wildman–Crippen MR) is 136 cm³/mol. The van der Waals surface area contributed by atoms with Crippen LogP contribution in [-0.4, -0.2) is 48.3 Å². The molecule has 1 aliphatic carbocycles. The number of fused-ring (bicyclic) bond motifs is 1. The second-order valence-electron chi connectivity index (χ2n) is 9.41. The number of nitrogens with zero attached hydrogens (tertiary/aromatic N) is 2. The standard InChI is InChI=1S/C26H31N3O6S/c1-15-6-8-18(9-7-15)23-22(24(30)27-3)20-13-19(17-10-11-17)21(28-25(20)35-23)14-29(36(33)34)12-4-5-16(2)26(31)32/h6-9,13,16-17,36H,4-5,10-12,14H2,1-3H3,(H,27,30)(H,31,32). The lowest BCUT2D eigenvalue weighted by Crippen LogP contribution is -2.25. The highest BCUT2D eigenvalue weighted by Gasteiger charge is 2.31. The van der Waals surface area contributed by atoms with Crippen LogP contribution in [-0.2, 0) is 22.2 Å². The SMILES string of the molecule is CNC(=O)c1c(-c2ccc(C)cc2)oc2nc(CN(CCCC(C)C(=O)O)[SH](=O)=O)c(C3CC3)cc12. The first-order chi connectivity index (χ1) is 17.2. The summed E-state index contributed by atoms with van der Waals surface area (Å²) in [5.74, 6) is -1.04. The van der Waals surface area contributed by atoms with E-state index in [0.29, 0.717) is 35.2 Å². The molecular weight excluding hydrogens is 482 g/mol. The predicted octanol–water partition coefficient (Wildman–Crippen LogP) is 3.87. The molecule has 10 heteroatoms. The van der Waals surface area contributed by atoms with Crippen molar-refractivity contribution >= 4 is 33.9 Å². The number of nitrogens with one attached hydrogen (secondary N) is 1. The van der Waals surface area contributed by atoms with Gasteiger partial charge in [0.15, 0.2) is 0 Å². The second-order valence-corrected chi connectivity index (χ2v) is 10.5. The number of carboxylic acids is 1. The maximum atomic E-state index is 12.9. The Morgan fingerprint density at radius 2 is 1.94 bits per heavy atom. The normalized spacial score (nSPS) is 14.5. The zero-order valence-corrected chi connectivity index (χ0v) is 21.5. The molecule has 2 heterocycles. The summed E-state index contributed by atoms with van der Waals surface area (Å²) in [6, 6.07) is 9.59. The fraction of sp³-hybridized carbons (Fsp3) is 0.423. The molecule has 0 spiro atoms. The van der Waals surface area contributed by atoms with Gasteiger partial charge in [0, 0.05) is 19.2 Å². The number of carbonyl (C=O) groups excluding carboxylic acids is 1. The van der Waals surface area contributed by atoms with Gasteiger partial charge in [-0.05, 0) is 50.2 Å². The highest BCUT2D eigenvalue weighted by Crippen LogP contribution is 2.44. The molecule has 2 N–H and O–H groups in total. The number of amides is 1. The van der Waals surface area contributed by atoms with E-state index in [4.69, 9.17) is 14.5 Å². The van der Waals surface area contributed by atoms with Gasteiger partial charge in [-0.3, -0.25) is 9.59 Å². The van der Waals surface area contributed by atoms with E-state index in [2.05, 4.69) is 5.32 Å². The monoisotopic (exact) mass is 513 g/mol. The Bertz CT molecular complexity index is 1350. The summed E-state index contributed by atoms with van der Waals surface area (Å²) in [6.45, 7) is 3.86. The molecule has 1 fully saturated rings. The first kappa shape index (κ1) is 25.8. The van der Waals surface area contributed by atoms with Crippen LogP contribution in [0.1, 0.15) is 65.7 Å². The van der Waals surface area contributed by atoms with E-state index in [-0.39, 0.29) is 30.6 Å². The van der Waals surface area contributed by atoms with Gasteiger partial charge in [0.1, 0.15) is 5.76 Å². The Morgan fingerprint density at radius 1 is 1.25 bits per heavy atom. The Kier molecular flexibility index (Phi) is 7.75. The van der Waals surface area contributed by atoms with E-state index < -0.39 is 22.8 Å². The van der Waals surface area contributed by atoms with E-state index >= 15 is 0 Å². The first-order valence-corrected chi connectivity index (χ1v) is 13.2. The zero-order chi connectivity index (χ0) is 26.0. The molecule has 9 nitrogen and oxygen atoms in total. The topological polar surface area (TPSA) is 130 Å². The van der Waals surface area contributed by atoms with E-state index in [0.717, 1.165) is 29.5 Å². The summed E-state index contributed by atoms with van der Waals surface area (Å²) in [5.41, 5.74) is 4.05. The smallest absolute Gasteiger partial charge is 0.306 e. The molecule has 4 rings (SSSR count). The number of rotatable bonds is 11. The summed E-state index contributed by atoms with van der Waals surface area (Å²) in [7, 11) is -1.32. The molecule has 1 amide bonds. The van der Waals surface area contributed by atoms with E-state index in [1.54, 1.807) is 14.0 Å². The minimum atomic E-state index is -2.89. The number of carboxylic acid groups (broad SMARTS) is 1. The molecule has 1 aliphatic rings. The van der Waals surface area contributed by atoms with Crippen molar-refractivity contribution in [3.8, 4) is 11.3 Å². The second kappa shape index (κ2) is 10.8. The van der Waals surface area contributed by atoms with Gasteiger partial charge in [-0.2, -0.15) is 4.31 Å². The van der Waals surface area contributed by atoms with Gasteiger partial charge in [0.2, 0.25) is 16.6 Å². The number of benzene rings is 1. The van der Waals surface area contributed by atoms with Gasteiger partial charge < -0.3 is 14.8 Å². The van der Waals surface area contributed by atoms with Crippen LogP contribution in [0.2, 0.25) is 0 Å². The summed E-state index contributed by atoms with van der Waals surface area (Å²) >= 11 is 0. The lowest BCUT2D eigenvalue weighted by Gasteiger charge is -2.17. The van der Waals surface area contributed by atoms with Gasteiger partial charge in [-0.1, -0.05) is 36.8 Å². The highest BCUT2D eigenvalue weighted by atomic mass is 32.2. The Labute approximate surface area is 211 Å². The molecule has 0 radical (unpaired) electrons. The number of aromatic nitrogens is 1. The number of pyridine rings is 1. The molecule has 1 aromatic carbocycles. The van der Waals surface area contributed by atoms with E-state index in [9.17, 15) is 18.0 Å². The Hall–Kier alpha value is -3.24. The first-order valence-electron chi connectivity index (χ1n) is 12.1. The van der Waals surface area contributed by atoms with Crippen molar-refractivity contribution in [2.24, 2.45) is 5.92 Å². The third-order valence-electron chi connectivity index (χ3n) is 6.62. The molecule has 1 atom stereocenters. The molecule has 0 aliphatic heterocycles. The number of hydrogen-bond donors (Lipinski definition) is 3. The number of thiol groups is 1. The van der Waals surface area contributed by atoms with Crippen molar-refractivity contribution in [1.82, 2.24) is 14.6 Å². The molecule has 2 aromatic heterocycles. The summed E-state index contributed by atoms with van der Waals surface area (Å²) < 4.78 is 31.4. The van der Waals surface area contributed by atoms with Crippen molar-refractivity contribution in [1.29, 1.82) is 0 Å². The van der Waals surface area contributed by atoms with Gasteiger partial charge in [-0.25, -0.2) is 13.4 Å². The number of aryl methyl sites for hydroxylation is 1. The molecule has 1 saturated carbocycles. The minimum absolute atomic E-state index is 0.0673. The van der Waals surface area contributed by atoms with Crippen molar-refractivity contribution in [2.45, 2.75) is 52.0 Å². The highest BCUT2D eigenvalue weighted by molar-refractivity contribution is 7.69. The quantitative estimate of drug-likeness (QED) is 0.332. The number of hydrogen-bond acceptors (Lipinski definition) is 6. The van der Waals surface area contributed by atoms with Crippen molar-refractivity contribution in [3.63, 3.8) is 0 Å². The van der Waals surface area contributed by atoms with Crippen LogP contribution in [0.3, 0.4) is 0 Å². The third kappa shape index (κ3) is 5.60. The fourth-order valence-corrected chi connectivity index (χ4v) is 4.86. The van der Waals surface area contributed by atoms with E-state index in [1.807, 2.05) is 37.3 Å². The van der Waals surface area contributed by atoms with Crippen LogP contribution < -0.4 is 5.32 Å². The summed E-state index contributed by atoms with van der Waals surface area (Å²) in [5, 5.41) is 12.4. The molecule has 3 aromatic rings. The molecular formula is C26H31N3O6S. The van der Waals surface area contributed by atoms with Crippen molar-refractivity contribution in [2.75, 3.05) is 13.6 Å². The van der Waals surface area contributed by atoms with Crippen LogP contribution >= 0.6 is 0 Å². The lowest BCUT2D eigenvalue weighted by molar-refractivity contribution is -0.141. The largest absolute Gasteiger partial charge is 0.481 e. The average molecular weight is 514 g/mol. The summed E-state index contributed by atoms with van der Waals surface area (Å²) in [4.78, 5) is 28.7. The Balaban J connectivity index is 1.73. The van der Waals surface area contributed by atoms with Crippen LogP contribution in [0.4, 0.5) is 0 Å². The van der Waals surface area contributed by atoms with Gasteiger partial charge in [0.25, 0.3) is 5.91 Å². The van der Waals surface area contributed by atoms with Crippen LogP contribution in [0.25, 0.3) is 22.4 Å². The molecule has 0 bridgehead atoms. The van der Waals surface area contributed by atoms with Crippen molar-refractivity contribution in [3.05, 3.63) is 52.7 Å². The third-order valence-corrected chi connectivity index (χ3v) is 7.42. The number of carbonyl (C=O) groups is 2. The maximum Gasteiger partial charge on any atom is 0.306 e. The molecule has 1 unspecified atom stereocenters.